The van der Waals surface area contributed by atoms with E-state index in [1.54, 1.807) is 0 Å². The lowest BCUT2D eigenvalue weighted by molar-refractivity contribution is -0.154. The van der Waals surface area contributed by atoms with Crippen molar-refractivity contribution >= 4 is 5.97 Å². The van der Waals surface area contributed by atoms with Crippen LogP contribution in [-0.2, 0) is 9.53 Å². The van der Waals surface area contributed by atoms with Gasteiger partial charge in [-0.2, -0.15) is 0 Å². The summed E-state index contributed by atoms with van der Waals surface area (Å²) in [6.07, 6.45) is 0. The van der Waals surface area contributed by atoms with Crippen LogP contribution in [0.4, 0.5) is 0 Å². The predicted octanol–water partition coefficient (Wildman–Crippen LogP) is 0.300. The van der Waals surface area contributed by atoms with Crippen molar-refractivity contribution in [2.75, 3.05) is 6.54 Å². The molecule has 58 valence electrons. The van der Waals surface area contributed by atoms with Crippen LogP contribution < -0.4 is 5.32 Å². The zero-order valence-corrected chi connectivity index (χ0v) is 6.60. The van der Waals surface area contributed by atoms with Crippen LogP contribution in [0.25, 0.3) is 0 Å². The average molecular weight is 143 g/mol. The van der Waals surface area contributed by atoms with E-state index in [9.17, 15) is 4.79 Å². The Bertz CT molecular complexity index is 144. The van der Waals surface area contributed by atoms with E-state index in [0.29, 0.717) is 0 Å². The Hall–Kier alpha value is -0.570. The third-order valence-corrected chi connectivity index (χ3v) is 1.10. The maximum Gasteiger partial charge on any atom is 0.324 e. The van der Waals surface area contributed by atoms with Crippen LogP contribution in [0.5, 0.6) is 0 Å². The molecule has 1 fully saturated rings. The Balaban J connectivity index is 2.30. The minimum atomic E-state index is -0.346. The minimum absolute atomic E-state index is 0.0285. The first-order chi connectivity index (χ1) is 4.49. The zero-order chi connectivity index (χ0) is 7.78. The van der Waals surface area contributed by atoms with Crippen LogP contribution in [0.15, 0.2) is 0 Å². The van der Waals surface area contributed by atoms with Gasteiger partial charge in [-0.1, -0.05) is 0 Å². The van der Waals surface area contributed by atoms with E-state index in [2.05, 4.69) is 5.32 Å². The first kappa shape index (κ1) is 7.54. The third-order valence-electron chi connectivity index (χ3n) is 1.10. The van der Waals surface area contributed by atoms with Crippen molar-refractivity contribution in [1.29, 1.82) is 0 Å². The van der Waals surface area contributed by atoms with Gasteiger partial charge in [-0.05, 0) is 20.8 Å². The summed E-state index contributed by atoms with van der Waals surface area (Å²) >= 11 is 0. The SMILES string of the molecule is CC(C)(C)OC(=O)[C@@H]1CN1. The summed E-state index contributed by atoms with van der Waals surface area (Å²) in [4.78, 5) is 10.9. The van der Waals surface area contributed by atoms with E-state index >= 15 is 0 Å². The number of carbonyl (C=O) groups is 1. The molecule has 0 aromatic heterocycles. The van der Waals surface area contributed by atoms with Gasteiger partial charge in [-0.3, -0.25) is 4.79 Å². The van der Waals surface area contributed by atoms with E-state index in [1.165, 1.54) is 0 Å². The summed E-state index contributed by atoms with van der Waals surface area (Å²) in [5, 5.41) is 2.88. The van der Waals surface area contributed by atoms with Gasteiger partial charge < -0.3 is 10.1 Å². The van der Waals surface area contributed by atoms with Gasteiger partial charge in [0.1, 0.15) is 11.6 Å². The summed E-state index contributed by atoms with van der Waals surface area (Å²) in [6, 6.07) is -0.0285. The van der Waals surface area contributed by atoms with E-state index < -0.39 is 0 Å². The molecule has 1 heterocycles. The van der Waals surface area contributed by atoms with Crippen molar-refractivity contribution < 1.29 is 9.53 Å². The Kier molecular flexibility index (Phi) is 1.68. The summed E-state index contributed by atoms with van der Waals surface area (Å²) in [5.74, 6) is -0.132. The second kappa shape index (κ2) is 2.23. The fraction of sp³-hybridized carbons (Fsp3) is 0.857. The van der Waals surface area contributed by atoms with Gasteiger partial charge >= 0.3 is 5.97 Å². The van der Waals surface area contributed by atoms with Crippen molar-refractivity contribution in [1.82, 2.24) is 5.32 Å². The zero-order valence-electron chi connectivity index (χ0n) is 6.60. The van der Waals surface area contributed by atoms with E-state index in [-0.39, 0.29) is 17.6 Å². The second-order valence-electron chi connectivity index (χ2n) is 3.49. The molecule has 0 aliphatic carbocycles. The van der Waals surface area contributed by atoms with Gasteiger partial charge in [-0.25, -0.2) is 0 Å². The summed E-state index contributed by atoms with van der Waals surface area (Å²) in [7, 11) is 0. The molecule has 3 nitrogen and oxygen atoms in total. The molecule has 0 aromatic carbocycles. The van der Waals surface area contributed by atoms with Crippen LogP contribution >= 0.6 is 0 Å². The molecular formula is C7H13NO2. The second-order valence-corrected chi connectivity index (χ2v) is 3.49. The highest BCUT2D eigenvalue weighted by Gasteiger charge is 2.32. The number of rotatable bonds is 1. The molecule has 1 aliphatic heterocycles. The molecule has 0 spiro atoms. The highest BCUT2D eigenvalue weighted by molar-refractivity contribution is 5.79. The summed E-state index contributed by atoms with van der Waals surface area (Å²) < 4.78 is 5.06. The molecule has 10 heavy (non-hydrogen) atoms. The van der Waals surface area contributed by atoms with Gasteiger partial charge in [-0.15, -0.1) is 0 Å². The molecule has 0 unspecified atom stereocenters. The number of nitrogens with one attached hydrogen (secondary N) is 1. The molecule has 3 heteroatoms. The van der Waals surface area contributed by atoms with Gasteiger partial charge in [0.15, 0.2) is 0 Å². The maximum absolute atomic E-state index is 10.9. The molecular weight excluding hydrogens is 130 g/mol. The minimum Gasteiger partial charge on any atom is -0.459 e. The Morgan fingerprint density at radius 1 is 1.60 bits per heavy atom. The Labute approximate surface area is 60.7 Å². The molecule has 0 saturated carbocycles. The lowest BCUT2D eigenvalue weighted by Gasteiger charge is -2.18. The van der Waals surface area contributed by atoms with Crippen molar-refractivity contribution in [3.05, 3.63) is 0 Å². The van der Waals surface area contributed by atoms with Crippen LogP contribution in [0, 0.1) is 0 Å². The average Bonchev–Trinajstić information content (AvgIpc) is 2.35. The molecule has 0 bridgehead atoms. The van der Waals surface area contributed by atoms with E-state index in [4.69, 9.17) is 4.74 Å². The molecule has 0 aromatic rings. The molecule has 0 amide bonds. The predicted molar refractivity (Wildman–Crippen MR) is 37.6 cm³/mol. The highest BCUT2D eigenvalue weighted by atomic mass is 16.6. The monoisotopic (exact) mass is 143 g/mol. The van der Waals surface area contributed by atoms with E-state index in [1.807, 2.05) is 20.8 Å². The molecule has 1 aliphatic rings. The van der Waals surface area contributed by atoms with E-state index in [0.717, 1.165) is 6.54 Å². The van der Waals surface area contributed by atoms with Gasteiger partial charge in [0, 0.05) is 6.54 Å². The van der Waals surface area contributed by atoms with Crippen molar-refractivity contribution in [2.24, 2.45) is 0 Å². The smallest absolute Gasteiger partial charge is 0.324 e. The van der Waals surface area contributed by atoms with Crippen molar-refractivity contribution in [2.45, 2.75) is 32.4 Å². The van der Waals surface area contributed by atoms with Crippen LogP contribution in [-0.4, -0.2) is 24.2 Å². The lowest BCUT2D eigenvalue weighted by atomic mass is 10.2. The maximum atomic E-state index is 10.9. The molecule has 1 saturated heterocycles. The quantitative estimate of drug-likeness (QED) is 0.424. The normalized spacial score (nSPS) is 24.1. The molecule has 1 atom stereocenters. The number of hydrogen-bond donors (Lipinski definition) is 1. The first-order valence-corrected chi connectivity index (χ1v) is 3.45. The topological polar surface area (TPSA) is 48.2 Å². The standard InChI is InChI=1S/C7H13NO2/c1-7(2,3)10-6(9)5-4-8-5/h5,8H,4H2,1-3H3/t5-/m0/s1. The summed E-state index contributed by atoms with van der Waals surface area (Å²) in [5.41, 5.74) is -0.346. The molecule has 1 N–H and O–H groups in total. The third kappa shape index (κ3) is 2.35. The summed E-state index contributed by atoms with van der Waals surface area (Å²) in [6.45, 7) is 6.38. The number of carbonyl (C=O) groups excluding carboxylic acids is 1. The number of hydrogen-bond acceptors (Lipinski definition) is 3. The van der Waals surface area contributed by atoms with Crippen molar-refractivity contribution in [3.8, 4) is 0 Å². The van der Waals surface area contributed by atoms with Crippen LogP contribution in [0.1, 0.15) is 20.8 Å². The van der Waals surface area contributed by atoms with Gasteiger partial charge in [0.2, 0.25) is 0 Å². The Morgan fingerprint density at radius 3 is 2.40 bits per heavy atom. The first-order valence-electron chi connectivity index (χ1n) is 3.45. The fourth-order valence-electron chi connectivity index (χ4n) is 0.598. The Morgan fingerprint density at radius 2 is 2.10 bits per heavy atom. The lowest BCUT2D eigenvalue weighted by Crippen LogP contribution is -2.27. The largest absolute Gasteiger partial charge is 0.459 e. The van der Waals surface area contributed by atoms with Crippen LogP contribution in [0.2, 0.25) is 0 Å². The number of ether oxygens (including phenoxy) is 1. The van der Waals surface area contributed by atoms with Gasteiger partial charge in [0.05, 0.1) is 0 Å². The highest BCUT2D eigenvalue weighted by Crippen LogP contribution is 2.10. The number of esters is 1. The fourth-order valence-corrected chi connectivity index (χ4v) is 0.598. The van der Waals surface area contributed by atoms with Gasteiger partial charge in [0.25, 0.3) is 0 Å². The van der Waals surface area contributed by atoms with Crippen LogP contribution in [0.3, 0.4) is 0 Å². The molecule has 0 radical (unpaired) electrons. The van der Waals surface area contributed by atoms with Crippen molar-refractivity contribution in [3.63, 3.8) is 0 Å². The molecule has 1 rings (SSSR count).